The zero-order valence-electron chi connectivity index (χ0n) is 12.8. The van der Waals surface area contributed by atoms with Crippen LogP contribution >= 0.6 is 11.3 Å². The maximum absolute atomic E-state index is 11.9. The van der Waals surface area contributed by atoms with E-state index < -0.39 is 0 Å². The monoisotopic (exact) mass is 297 g/mol. The summed E-state index contributed by atoms with van der Waals surface area (Å²) in [7, 11) is 0. The lowest BCUT2D eigenvalue weighted by molar-refractivity contribution is 0.0960. The van der Waals surface area contributed by atoms with Crippen molar-refractivity contribution in [1.82, 2.24) is 5.32 Å². The molecule has 0 aliphatic rings. The highest BCUT2D eigenvalue weighted by Gasteiger charge is 2.15. The summed E-state index contributed by atoms with van der Waals surface area (Å²) in [6, 6.07) is 2.35. The lowest BCUT2D eigenvalue weighted by Gasteiger charge is -2.17. The van der Waals surface area contributed by atoms with E-state index in [-0.39, 0.29) is 5.91 Å². The molecule has 0 spiro atoms. The number of nitrogens with two attached hydrogens (primary N) is 1. The van der Waals surface area contributed by atoms with Crippen LogP contribution in [0.1, 0.15) is 62.5 Å². The van der Waals surface area contributed by atoms with E-state index in [9.17, 15) is 4.79 Å². The molecule has 114 valence electrons. The molecule has 0 fully saturated rings. The third kappa shape index (κ3) is 5.04. The minimum atomic E-state index is -0.0800. The van der Waals surface area contributed by atoms with Gasteiger partial charge in [0.15, 0.2) is 0 Å². The number of rotatable bonds is 9. The third-order valence-electron chi connectivity index (χ3n) is 3.19. The van der Waals surface area contributed by atoms with Gasteiger partial charge < -0.3 is 16.4 Å². The first-order chi connectivity index (χ1) is 9.62. The second-order valence-corrected chi connectivity index (χ2v) is 6.08. The zero-order valence-corrected chi connectivity index (χ0v) is 13.6. The fourth-order valence-corrected chi connectivity index (χ4v) is 3.16. The van der Waals surface area contributed by atoms with Crippen LogP contribution in [-0.2, 0) is 0 Å². The first-order valence-corrected chi connectivity index (χ1v) is 8.37. The molecule has 0 aliphatic carbocycles. The first-order valence-electron chi connectivity index (χ1n) is 7.56. The minimum Gasteiger partial charge on any atom is -0.397 e. The Morgan fingerprint density at radius 1 is 1.30 bits per heavy atom. The van der Waals surface area contributed by atoms with Gasteiger partial charge in [-0.05, 0) is 25.8 Å². The predicted molar refractivity (Wildman–Crippen MR) is 88.6 cm³/mol. The minimum absolute atomic E-state index is 0.0800. The Morgan fingerprint density at radius 2 is 2.05 bits per heavy atom. The van der Waals surface area contributed by atoms with E-state index in [2.05, 4.69) is 24.5 Å². The van der Waals surface area contributed by atoms with Crippen molar-refractivity contribution in [3.05, 3.63) is 10.9 Å². The normalized spacial score (nSPS) is 12.2. The maximum Gasteiger partial charge on any atom is 0.263 e. The largest absolute Gasteiger partial charge is 0.397 e. The van der Waals surface area contributed by atoms with Crippen molar-refractivity contribution < 1.29 is 4.79 Å². The molecule has 1 rings (SSSR count). The Kier molecular flexibility index (Phi) is 7.44. The number of carbonyl (C=O) groups is 1. The predicted octanol–water partition coefficient (Wildman–Crippen LogP) is 3.85. The molecule has 20 heavy (non-hydrogen) atoms. The highest BCUT2D eigenvalue weighted by molar-refractivity contribution is 7.18. The fraction of sp³-hybridized carbons (Fsp3) is 0.667. The van der Waals surface area contributed by atoms with Gasteiger partial charge >= 0.3 is 0 Å². The van der Waals surface area contributed by atoms with Crippen LogP contribution < -0.4 is 16.4 Å². The number of amides is 1. The number of carbonyl (C=O) groups excluding carboxylic acids is 1. The van der Waals surface area contributed by atoms with Crippen molar-refractivity contribution in [3.63, 3.8) is 0 Å². The van der Waals surface area contributed by atoms with Gasteiger partial charge in [-0.3, -0.25) is 4.79 Å². The molecule has 4 nitrogen and oxygen atoms in total. The summed E-state index contributed by atoms with van der Waals surface area (Å²) in [5.74, 6) is -0.0800. The molecule has 1 unspecified atom stereocenters. The molecule has 0 aromatic carbocycles. The highest BCUT2D eigenvalue weighted by atomic mass is 32.1. The lowest BCUT2D eigenvalue weighted by Crippen LogP contribution is -2.22. The molecule has 1 amide bonds. The Labute approximate surface area is 126 Å². The van der Waals surface area contributed by atoms with E-state index in [1.54, 1.807) is 0 Å². The highest BCUT2D eigenvalue weighted by Crippen LogP contribution is 2.30. The van der Waals surface area contributed by atoms with Gasteiger partial charge in [-0.2, -0.15) is 0 Å². The summed E-state index contributed by atoms with van der Waals surface area (Å²) in [6.45, 7) is 6.93. The Morgan fingerprint density at radius 3 is 2.65 bits per heavy atom. The number of anilines is 2. The van der Waals surface area contributed by atoms with Crippen LogP contribution in [0.15, 0.2) is 6.07 Å². The van der Waals surface area contributed by atoms with Crippen LogP contribution in [0, 0.1) is 0 Å². The van der Waals surface area contributed by atoms with E-state index in [4.69, 9.17) is 5.73 Å². The molecule has 0 bridgehead atoms. The van der Waals surface area contributed by atoms with Crippen LogP contribution in [0.2, 0.25) is 0 Å². The van der Waals surface area contributed by atoms with Gasteiger partial charge in [0.2, 0.25) is 0 Å². The molecule has 4 N–H and O–H groups in total. The second kappa shape index (κ2) is 8.84. The third-order valence-corrected chi connectivity index (χ3v) is 4.27. The van der Waals surface area contributed by atoms with E-state index >= 15 is 0 Å². The molecule has 1 aromatic rings. The molecular formula is C15H27N3OS. The number of unbranched alkanes of at least 4 members (excludes halogenated alkanes) is 1. The summed E-state index contributed by atoms with van der Waals surface area (Å²) in [5, 5.41) is 7.32. The quantitative estimate of drug-likeness (QED) is 0.648. The van der Waals surface area contributed by atoms with Crippen LogP contribution in [0.3, 0.4) is 0 Å². The van der Waals surface area contributed by atoms with Crippen molar-refractivity contribution in [2.45, 2.75) is 58.9 Å². The van der Waals surface area contributed by atoms with Gasteiger partial charge in [0.25, 0.3) is 5.91 Å². The van der Waals surface area contributed by atoms with Crippen LogP contribution in [-0.4, -0.2) is 18.5 Å². The van der Waals surface area contributed by atoms with Crippen molar-refractivity contribution in [1.29, 1.82) is 0 Å². The van der Waals surface area contributed by atoms with Gasteiger partial charge in [0, 0.05) is 12.6 Å². The Bertz CT molecular complexity index is 417. The number of hydrogen-bond acceptors (Lipinski definition) is 4. The number of nitrogens with one attached hydrogen (secondary N) is 2. The standard InChI is InChI=1S/C15H27N3OS/c1-4-7-9-11(8-5-2)18-13-10-12(16)14(20-13)15(19)17-6-3/h10-11,18H,4-9,16H2,1-3H3,(H,17,19). The summed E-state index contributed by atoms with van der Waals surface area (Å²) < 4.78 is 0. The van der Waals surface area contributed by atoms with Crippen molar-refractivity contribution in [2.24, 2.45) is 0 Å². The van der Waals surface area contributed by atoms with Crippen molar-refractivity contribution in [2.75, 3.05) is 17.6 Å². The van der Waals surface area contributed by atoms with Gasteiger partial charge in [0.05, 0.1) is 10.7 Å². The molecule has 5 heteroatoms. The van der Waals surface area contributed by atoms with Gasteiger partial charge in [-0.1, -0.05) is 33.1 Å². The van der Waals surface area contributed by atoms with E-state index in [0.29, 0.717) is 23.2 Å². The van der Waals surface area contributed by atoms with E-state index in [1.165, 1.54) is 30.6 Å². The second-order valence-electron chi connectivity index (χ2n) is 5.03. The number of thiophene rings is 1. The van der Waals surface area contributed by atoms with Crippen LogP contribution in [0.4, 0.5) is 10.7 Å². The molecule has 1 heterocycles. The summed E-state index contributed by atoms with van der Waals surface area (Å²) in [4.78, 5) is 12.5. The van der Waals surface area contributed by atoms with Gasteiger partial charge in [-0.15, -0.1) is 11.3 Å². The summed E-state index contributed by atoms with van der Waals surface area (Å²) >= 11 is 1.45. The van der Waals surface area contributed by atoms with Crippen LogP contribution in [0.25, 0.3) is 0 Å². The number of hydrogen-bond donors (Lipinski definition) is 3. The first kappa shape index (κ1) is 16.8. The Balaban J connectivity index is 2.70. The topological polar surface area (TPSA) is 67.1 Å². The number of nitrogen functional groups attached to an aromatic ring is 1. The van der Waals surface area contributed by atoms with Crippen LogP contribution in [0.5, 0.6) is 0 Å². The Hall–Kier alpha value is -1.23. The molecule has 1 aromatic heterocycles. The molecule has 0 radical (unpaired) electrons. The zero-order chi connectivity index (χ0) is 15.0. The molecule has 0 saturated heterocycles. The smallest absolute Gasteiger partial charge is 0.263 e. The van der Waals surface area contributed by atoms with Crippen molar-refractivity contribution in [3.8, 4) is 0 Å². The lowest BCUT2D eigenvalue weighted by atomic mass is 10.1. The van der Waals surface area contributed by atoms with E-state index in [1.807, 2.05) is 13.0 Å². The van der Waals surface area contributed by atoms with Gasteiger partial charge in [0.1, 0.15) is 4.88 Å². The molecular weight excluding hydrogens is 270 g/mol. The maximum atomic E-state index is 11.9. The summed E-state index contributed by atoms with van der Waals surface area (Å²) in [6.07, 6.45) is 5.90. The SMILES string of the molecule is CCCCC(CCC)Nc1cc(N)c(C(=O)NCC)s1. The molecule has 1 atom stereocenters. The average molecular weight is 297 g/mol. The molecule has 0 saturated carbocycles. The van der Waals surface area contributed by atoms with E-state index in [0.717, 1.165) is 17.8 Å². The molecule has 0 aliphatic heterocycles. The fourth-order valence-electron chi connectivity index (χ4n) is 2.18. The van der Waals surface area contributed by atoms with Gasteiger partial charge in [-0.25, -0.2) is 0 Å². The summed E-state index contributed by atoms with van der Waals surface area (Å²) in [5.41, 5.74) is 6.50. The average Bonchev–Trinajstić information content (AvgIpc) is 2.77. The van der Waals surface area contributed by atoms with Crippen molar-refractivity contribution >= 4 is 27.9 Å².